The van der Waals surface area contributed by atoms with Gasteiger partial charge in [0.1, 0.15) is 5.78 Å². The minimum atomic E-state index is -2.69. The average Bonchev–Trinajstić information content (AvgIpc) is 3.12. The summed E-state index contributed by atoms with van der Waals surface area (Å²) in [7, 11) is 1.95. The highest BCUT2D eigenvalue weighted by atomic mass is 19.3. The Morgan fingerprint density at radius 2 is 1.93 bits per heavy atom. The molecule has 0 saturated carbocycles. The van der Waals surface area contributed by atoms with Crippen molar-refractivity contribution in [1.82, 2.24) is 19.4 Å². The molecule has 1 aromatic carbocycles. The van der Waals surface area contributed by atoms with E-state index in [1.165, 1.54) is 0 Å². The van der Waals surface area contributed by atoms with Gasteiger partial charge in [-0.3, -0.25) is 14.7 Å². The molecule has 3 aromatic rings. The van der Waals surface area contributed by atoms with Crippen molar-refractivity contribution in [2.24, 2.45) is 13.0 Å². The number of fused-ring (bicyclic) bond motifs is 1. The zero-order valence-electron chi connectivity index (χ0n) is 17.3. The lowest BCUT2D eigenvalue weighted by molar-refractivity contribution is -0.124. The van der Waals surface area contributed by atoms with E-state index in [-0.39, 0.29) is 24.7 Å². The molecule has 1 fully saturated rings. The highest BCUT2D eigenvalue weighted by molar-refractivity contribution is 5.88. The molecule has 1 aliphatic heterocycles. The molecule has 3 heterocycles. The van der Waals surface area contributed by atoms with Crippen LogP contribution in [-0.4, -0.2) is 50.8 Å². The molecular weight excluding hydrogens is 386 g/mol. The smallest absolute Gasteiger partial charge is 0.257 e. The highest BCUT2D eigenvalue weighted by Crippen LogP contribution is 2.26. The zero-order chi connectivity index (χ0) is 21.3. The van der Waals surface area contributed by atoms with Crippen LogP contribution >= 0.6 is 0 Å². The summed E-state index contributed by atoms with van der Waals surface area (Å²) in [5.74, 6) is -2.63. The van der Waals surface area contributed by atoms with Gasteiger partial charge in [0.2, 0.25) is 0 Å². The van der Waals surface area contributed by atoms with Crippen molar-refractivity contribution in [3.05, 3.63) is 48.7 Å². The summed E-state index contributed by atoms with van der Waals surface area (Å²) in [6.45, 7) is 1.78. The van der Waals surface area contributed by atoms with Gasteiger partial charge in [0.05, 0.1) is 24.8 Å². The molecule has 30 heavy (non-hydrogen) atoms. The number of carbonyl (C=O) groups excluding carboxylic acids is 1. The first-order valence-electron chi connectivity index (χ1n) is 10.3. The maximum atomic E-state index is 13.2. The van der Waals surface area contributed by atoms with E-state index >= 15 is 0 Å². The van der Waals surface area contributed by atoms with Crippen LogP contribution in [0.15, 0.2) is 43.0 Å². The van der Waals surface area contributed by atoms with Crippen molar-refractivity contribution in [3.8, 4) is 11.3 Å². The Morgan fingerprint density at radius 1 is 1.17 bits per heavy atom. The van der Waals surface area contributed by atoms with Gasteiger partial charge in [-0.25, -0.2) is 13.8 Å². The Balaban J connectivity index is 1.43. The number of hydrogen-bond acceptors (Lipinski definition) is 4. The fourth-order valence-corrected chi connectivity index (χ4v) is 4.21. The maximum Gasteiger partial charge on any atom is 0.257 e. The van der Waals surface area contributed by atoms with Gasteiger partial charge in [-0.1, -0.05) is 12.1 Å². The van der Waals surface area contributed by atoms with Crippen LogP contribution in [-0.2, 0) is 18.3 Å². The number of benzene rings is 1. The third kappa shape index (κ3) is 4.73. The molecule has 0 unspecified atom stereocenters. The van der Waals surface area contributed by atoms with E-state index in [1.807, 2.05) is 36.0 Å². The molecule has 0 aliphatic carbocycles. The molecule has 0 radical (unpaired) electrons. The maximum absolute atomic E-state index is 13.2. The van der Waals surface area contributed by atoms with E-state index in [2.05, 4.69) is 16.0 Å². The SMILES string of the molecule is Cn1cncc1-c1ccc2cnc(CC(=O)C3CCN(CC(C)(F)F)CC3)cc2c1. The highest BCUT2D eigenvalue weighted by Gasteiger charge is 2.30. The third-order valence-electron chi connectivity index (χ3n) is 5.79. The molecule has 0 spiro atoms. The number of hydrogen-bond donors (Lipinski definition) is 0. The second kappa shape index (κ2) is 8.22. The van der Waals surface area contributed by atoms with Crippen LogP contribution in [0.1, 0.15) is 25.5 Å². The molecule has 2 aromatic heterocycles. The Kier molecular flexibility index (Phi) is 5.64. The minimum absolute atomic E-state index is 0.0787. The van der Waals surface area contributed by atoms with Crippen LogP contribution in [0.5, 0.6) is 0 Å². The van der Waals surface area contributed by atoms with Crippen molar-refractivity contribution in [2.75, 3.05) is 19.6 Å². The summed E-state index contributed by atoms with van der Waals surface area (Å²) in [6, 6.07) is 8.13. The van der Waals surface area contributed by atoms with Crippen molar-refractivity contribution in [3.63, 3.8) is 0 Å². The summed E-state index contributed by atoms with van der Waals surface area (Å²) in [5, 5.41) is 2.05. The molecule has 1 saturated heterocycles. The van der Waals surface area contributed by atoms with Crippen LogP contribution in [0.4, 0.5) is 8.78 Å². The fraction of sp³-hybridized carbons (Fsp3) is 0.435. The molecule has 158 valence electrons. The second-order valence-corrected chi connectivity index (χ2v) is 8.39. The number of pyridine rings is 1. The van der Waals surface area contributed by atoms with Crippen LogP contribution in [0, 0.1) is 5.92 Å². The molecule has 1 aliphatic rings. The molecule has 0 N–H and O–H groups in total. The number of Topliss-reactive ketones (excluding diaryl/α,β-unsaturated/α-hetero) is 1. The molecule has 0 atom stereocenters. The Hall–Kier alpha value is -2.67. The van der Waals surface area contributed by atoms with Crippen molar-refractivity contribution in [2.45, 2.75) is 32.1 Å². The number of likely N-dealkylation sites (tertiary alicyclic amines) is 1. The normalized spacial score (nSPS) is 16.3. The molecule has 0 bridgehead atoms. The van der Waals surface area contributed by atoms with Crippen molar-refractivity contribution in [1.29, 1.82) is 0 Å². The van der Waals surface area contributed by atoms with Gasteiger partial charge in [-0.2, -0.15) is 0 Å². The van der Waals surface area contributed by atoms with Gasteiger partial charge in [0.15, 0.2) is 0 Å². The fourth-order valence-electron chi connectivity index (χ4n) is 4.21. The van der Waals surface area contributed by atoms with Crippen molar-refractivity contribution >= 4 is 16.6 Å². The molecule has 0 amide bonds. The number of rotatable bonds is 6. The lowest BCUT2D eigenvalue weighted by Gasteiger charge is -2.32. The first kappa shape index (κ1) is 20.6. The number of aromatic nitrogens is 3. The van der Waals surface area contributed by atoms with Gasteiger partial charge in [-0.15, -0.1) is 0 Å². The van der Waals surface area contributed by atoms with Gasteiger partial charge in [-0.05, 0) is 43.5 Å². The number of piperidine rings is 1. The molecule has 4 rings (SSSR count). The molecular formula is C23H26F2N4O. The van der Waals surface area contributed by atoms with E-state index in [0.29, 0.717) is 25.9 Å². The topological polar surface area (TPSA) is 51.0 Å². The molecule has 5 nitrogen and oxygen atoms in total. The lowest BCUT2D eigenvalue weighted by atomic mass is 9.90. The summed E-state index contributed by atoms with van der Waals surface area (Å²) in [6.07, 6.45) is 6.94. The van der Waals surface area contributed by atoms with Crippen LogP contribution in [0.2, 0.25) is 0 Å². The monoisotopic (exact) mass is 412 g/mol. The molecule has 7 heteroatoms. The summed E-state index contributed by atoms with van der Waals surface area (Å²) in [4.78, 5) is 23.2. The van der Waals surface area contributed by atoms with Gasteiger partial charge >= 0.3 is 0 Å². The van der Waals surface area contributed by atoms with E-state index in [0.717, 1.165) is 34.6 Å². The van der Waals surface area contributed by atoms with Crippen LogP contribution in [0.25, 0.3) is 22.0 Å². The van der Waals surface area contributed by atoms with Gasteiger partial charge in [0.25, 0.3) is 5.92 Å². The summed E-state index contributed by atoms with van der Waals surface area (Å²) in [5.41, 5.74) is 2.83. The van der Waals surface area contributed by atoms with Crippen LogP contribution < -0.4 is 0 Å². The average molecular weight is 412 g/mol. The standard InChI is InChI=1S/C23H26F2N4O/c1-23(24,25)14-29-7-5-16(6-8-29)22(30)11-20-10-19-9-17(3-4-18(19)12-27-20)21-13-26-15-28(21)2/h3-4,9-10,12-13,15-16H,5-8,11,14H2,1-2H3. The predicted octanol–water partition coefficient (Wildman–Crippen LogP) is 4.11. The van der Waals surface area contributed by atoms with Crippen LogP contribution in [0.3, 0.4) is 0 Å². The number of imidazole rings is 1. The first-order valence-corrected chi connectivity index (χ1v) is 10.3. The van der Waals surface area contributed by atoms with Crippen molar-refractivity contribution < 1.29 is 13.6 Å². The Morgan fingerprint density at radius 3 is 2.60 bits per heavy atom. The Labute approximate surface area is 174 Å². The van der Waals surface area contributed by atoms with Gasteiger partial charge < -0.3 is 4.57 Å². The quantitative estimate of drug-likeness (QED) is 0.611. The first-order chi connectivity index (χ1) is 14.3. The largest absolute Gasteiger partial charge is 0.334 e. The van der Waals surface area contributed by atoms with E-state index in [9.17, 15) is 13.6 Å². The number of ketones is 1. The number of alkyl halides is 2. The lowest BCUT2D eigenvalue weighted by Crippen LogP contribution is -2.42. The number of carbonyl (C=O) groups is 1. The Bertz CT molecular complexity index is 1050. The summed E-state index contributed by atoms with van der Waals surface area (Å²) < 4.78 is 28.4. The minimum Gasteiger partial charge on any atom is -0.334 e. The zero-order valence-corrected chi connectivity index (χ0v) is 17.3. The third-order valence-corrected chi connectivity index (χ3v) is 5.79. The van der Waals surface area contributed by atoms with E-state index in [1.54, 1.807) is 17.4 Å². The van der Waals surface area contributed by atoms with E-state index < -0.39 is 5.92 Å². The van der Waals surface area contributed by atoms with E-state index in [4.69, 9.17) is 0 Å². The number of aryl methyl sites for hydroxylation is 1. The second-order valence-electron chi connectivity index (χ2n) is 8.39. The summed E-state index contributed by atoms with van der Waals surface area (Å²) >= 11 is 0. The number of nitrogens with zero attached hydrogens (tertiary/aromatic N) is 4. The number of halogens is 2. The predicted molar refractivity (Wildman–Crippen MR) is 112 cm³/mol. The van der Waals surface area contributed by atoms with Gasteiger partial charge in [0, 0.05) is 49.2 Å².